The second-order valence-corrected chi connectivity index (χ2v) is 1.37. The normalized spacial score (nSPS) is 13.4. The van der Waals surface area contributed by atoms with E-state index in [1.807, 2.05) is 0 Å². The average Bonchev–Trinajstić information content (AvgIpc) is 1.79. The molecule has 0 aliphatic rings. The lowest BCUT2D eigenvalue weighted by atomic mass is 10.6. The fourth-order valence-electron chi connectivity index (χ4n) is 0.220. The van der Waals surface area contributed by atoms with Crippen LogP contribution in [0.25, 0.3) is 0 Å². The predicted octanol–water partition coefficient (Wildman–Crippen LogP) is -1.93. The molecule has 0 aliphatic carbocycles. The highest BCUT2D eigenvalue weighted by Crippen LogP contribution is 1.76. The molecule has 0 aromatic carbocycles. The second kappa shape index (κ2) is 4.57. The molecule has 0 aromatic heterocycles. The van der Waals surface area contributed by atoms with E-state index in [0.717, 1.165) is 0 Å². The summed E-state index contributed by atoms with van der Waals surface area (Å²) in [4.78, 5) is 10.4. The minimum absolute atomic E-state index is 0. The van der Waals surface area contributed by atoms with Crippen LogP contribution < -0.4 is 5.73 Å². The van der Waals surface area contributed by atoms with Crippen LogP contribution in [0.1, 0.15) is 4.11 Å². The van der Waals surface area contributed by atoms with Crippen molar-refractivity contribution in [3.8, 4) is 0 Å². The van der Waals surface area contributed by atoms with Gasteiger partial charge in [-0.1, -0.05) is 0 Å². The first kappa shape index (κ1) is 5.48. The number of guanidine groups is 1. The van der Waals surface area contributed by atoms with Gasteiger partial charge in [-0.15, -0.1) is 0 Å². The number of hydrogen-bond donors (Lipinski definition) is 3. The molecule has 0 amide bonds. The van der Waals surface area contributed by atoms with Crippen LogP contribution in [0, 0.1) is 5.41 Å². The van der Waals surface area contributed by atoms with Crippen molar-refractivity contribution in [3.63, 3.8) is 0 Å². The molecule has 0 aliphatic heterocycles. The second-order valence-electron chi connectivity index (χ2n) is 1.37. The van der Waals surface area contributed by atoms with Crippen molar-refractivity contribution in [1.82, 2.24) is 4.90 Å². The molecule has 6 nitrogen and oxygen atoms in total. The summed E-state index contributed by atoms with van der Waals surface area (Å²) in [7, 11) is 0. The van der Waals surface area contributed by atoms with Crippen LogP contribution >= 0.6 is 0 Å². The molecule has 0 fully saturated rings. The van der Waals surface area contributed by atoms with E-state index in [4.69, 9.17) is 20.4 Å². The number of carboxylic acids is 1. The topological polar surface area (TPSA) is 122 Å². The summed E-state index contributed by atoms with van der Waals surface area (Å²) in [6.45, 7) is -3.48. The first-order valence-electron chi connectivity index (χ1n) is 3.58. The number of rotatable bonds is 2. The largest absolute Gasteiger partial charge is 0.480 e. The lowest BCUT2D eigenvalue weighted by Gasteiger charge is -2.12. The van der Waals surface area contributed by atoms with E-state index in [1.54, 1.807) is 0 Å². The van der Waals surface area contributed by atoms with E-state index in [9.17, 15) is 4.79 Å². The van der Waals surface area contributed by atoms with Gasteiger partial charge < -0.3 is 21.2 Å². The predicted molar refractivity (Wildman–Crippen MR) is 35.8 cm³/mol. The molecule has 10 heavy (non-hydrogen) atoms. The van der Waals surface area contributed by atoms with Crippen LogP contribution in [0.15, 0.2) is 0 Å². The van der Waals surface area contributed by atoms with Crippen LogP contribution in [-0.2, 0) is 4.79 Å². The number of nitrogens with two attached hydrogens (primary N) is 1. The lowest BCUT2D eigenvalue weighted by Crippen LogP contribution is -2.36. The molecule has 6 heteroatoms. The fraction of sp³-hybridized carbons (Fsp3) is 0.500. The lowest BCUT2D eigenvalue weighted by molar-refractivity contribution is -0.137. The fourth-order valence-corrected chi connectivity index (χ4v) is 0.220. The van der Waals surface area contributed by atoms with Gasteiger partial charge in [-0.05, 0) is 0 Å². The van der Waals surface area contributed by atoms with E-state index in [0.29, 0.717) is 4.90 Å². The van der Waals surface area contributed by atoms with E-state index >= 15 is 0 Å². The molecular weight excluding hydrogens is 138 g/mol. The van der Waals surface area contributed by atoms with Crippen LogP contribution in [-0.4, -0.2) is 40.9 Å². The van der Waals surface area contributed by atoms with Gasteiger partial charge in [0.25, 0.3) is 0 Å². The van der Waals surface area contributed by atoms with Gasteiger partial charge in [0.05, 0.1) is 0 Å². The molecule has 0 atom stereocenters. The van der Waals surface area contributed by atoms with Crippen molar-refractivity contribution >= 4 is 11.9 Å². The van der Waals surface area contributed by atoms with Gasteiger partial charge >= 0.3 is 5.97 Å². The number of nitrogens with zero attached hydrogens (tertiary/aromatic N) is 1. The zero-order valence-corrected chi connectivity index (χ0v) is 5.09. The minimum atomic E-state index is -2.68. The quantitative estimate of drug-likeness (QED) is 0.315. The Morgan fingerprint density at radius 3 is 2.60 bits per heavy atom. The summed E-state index contributed by atoms with van der Waals surface area (Å²) in [5.41, 5.74) is 4.86. The molecular formula is C4H11N3O3. The van der Waals surface area contributed by atoms with Gasteiger partial charge in [-0.2, -0.15) is 0 Å². The summed E-state index contributed by atoms with van der Waals surface area (Å²) in [5.74, 6) is -2.13. The van der Waals surface area contributed by atoms with Gasteiger partial charge in [-0.25, -0.2) is 0 Å². The van der Waals surface area contributed by atoms with Crippen LogP contribution in [0.3, 0.4) is 0 Å². The van der Waals surface area contributed by atoms with Crippen molar-refractivity contribution in [2.75, 3.05) is 13.5 Å². The van der Waals surface area contributed by atoms with Gasteiger partial charge in [0, 0.05) is 11.1 Å². The molecule has 0 saturated carbocycles. The third-order valence-corrected chi connectivity index (χ3v) is 0.584. The third kappa shape index (κ3) is 4.85. The van der Waals surface area contributed by atoms with E-state index < -0.39 is 25.4 Å². The first-order valence-corrected chi connectivity index (χ1v) is 2.08. The molecule has 0 radical (unpaired) electrons. The molecule has 0 heterocycles. The maximum atomic E-state index is 10.1. The Hall–Kier alpha value is -1.30. The number of carboxylic acid groups (broad SMARTS) is 1. The standard InChI is InChI=1S/C4H9N3O2.H2O/c1-7(4(5)6)2-3(8)9;/h2H2,1H3,(H3,5,6)(H,8,9);1H2/i1D3;. The third-order valence-electron chi connectivity index (χ3n) is 0.584. The molecule has 60 valence electrons. The molecule has 0 aromatic rings. The average molecular weight is 152 g/mol. The number of likely N-dealkylation sites (N-methyl/N-ethyl adjacent to an activating group) is 1. The Balaban J connectivity index is 0. The monoisotopic (exact) mass is 152 g/mol. The van der Waals surface area contributed by atoms with Crippen molar-refractivity contribution in [1.29, 1.82) is 5.41 Å². The van der Waals surface area contributed by atoms with Gasteiger partial charge in [0.1, 0.15) is 6.54 Å². The zero-order chi connectivity index (χ0) is 9.94. The van der Waals surface area contributed by atoms with Crippen LogP contribution in [0.2, 0.25) is 0 Å². The van der Waals surface area contributed by atoms with Gasteiger partial charge in [0.15, 0.2) is 5.96 Å². The summed E-state index contributed by atoms with van der Waals surface area (Å²) in [6.07, 6.45) is 0. The van der Waals surface area contributed by atoms with Crippen molar-refractivity contribution in [2.24, 2.45) is 5.73 Å². The van der Waals surface area contributed by atoms with Gasteiger partial charge in [0.2, 0.25) is 0 Å². The SMILES string of the molecule is O.[2H]C([2H])([2H])N(CC(=O)O)C(=N)N. The number of hydrogen-bond acceptors (Lipinski definition) is 2. The van der Waals surface area contributed by atoms with Crippen molar-refractivity contribution in [2.45, 2.75) is 0 Å². The number of carbonyl (C=O) groups is 1. The Morgan fingerprint density at radius 1 is 2.00 bits per heavy atom. The highest BCUT2D eigenvalue weighted by Gasteiger charge is 2.03. The summed E-state index contributed by atoms with van der Waals surface area (Å²) in [6, 6.07) is 0. The molecule has 6 N–H and O–H groups in total. The summed E-state index contributed by atoms with van der Waals surface area (Å²) >= 11 is 0. The minimum Gasteiger partial charge on any atom is -0.480 e. The van der Waals surface area contributed by atoms with Crippen LogP contribution in [0.4, 0.5) is 0 Å². The zero-order valence-electron chi connectivity index (χ0n) is 8.09. The maximum Gasteiger partial charge on any atom is 0.323 e. The molecule has 0 rings (SSSR count). The highest BCUT2D eigenvalue weighted by molar-refractivity contribution is 5.79. The van der Waals surface area contributed by atoms with Crippen molar-refractivity contribution < 1.29 is 19.5 Å². The molecule has 0 saturated heterocycles. The summed E-state index contributed by atoms with van der Waals surface area (Å²) in [5, 5.41) is 15.0. The Labute approximate surface area is 62.3 Å². The Bertz CT molecular complexity index is 205. The molecule has 0 spiro atoms. The molecule has 0 unspecified atom stereocenters. The van der Waals surface area contributed by atoms with Crippen molar-refractivity contribution in [3.05, 3.63) is 0 Å². The van der Waals surface area contributed by atoms with Crippen LogP contribution in [0.5, 0.6) is 0 Å². The smallest absolute Gasteiger partial charge is 0.323 e. The Kier molecular flexibility index (Phi) is 2.50. The Morgan fingerprint density at radius 2 is 2.50 bits per heavy atom. The van der Waals surface area contributed by atoms with E-state index in [1.165, 1.54) is 0 Å². The van der Waals surface area contributed by atoms with E-state index in [-0.39, 0.29) is 5.48 Å². The number of aliphatic carboxylic acids is 1. The van der Waals surface area contributed by atoms with E-state index in [2.05, 4.69) is 0 Å². The highest BCUT2D eigenvalue weighted by atomic mass is 16.4. The first-order chi connectivity index (χ1) is 5.25. The van der Waals surface area contributed by atoms with Gasteiger partial charge in [-0.3, -0.25) is 10.2 Å². The maximum absolute atomic E-state index is 10.1. The number of nitrogens with one attached hydrogen (secondary N) is 1. The molecule has 0 bridgehead atoms. The summed E-state index contributed by atoms with van der Waals surface area (Å²) < 4.78 is 20.4.